The van der Waals surface area contributed by atoms with E-state index in [2.05, 4.69) is 58.6 Å². The standard InChI is InChI=1S/C31H30BrN3O2/c1-3-4-18-33(31(37)24-13-5-6-14-25(24)32)21-29(36)35-27-16-8-7-15-26(27)34-19-10-17-28(34)30(35)23-12-9-11-22(2)20-23/h5-17,19-20,30H,3-4,18,21H2,1-2H3. The number of halogens is 1. The maximum absolute atomic E-state index is 14.3. The van der Waals surface area contributed by atoms with Crippen LogP contribution in [0.2, 0.25) is 0 Å². The highest BCUT2D eigenvalue weighted by molar-refractivity contribution is 9.10. The van der Waals surface area contributed by atoms with Crippen LogP contribution in [-0.4, -0.2) is 34.4 Å². The lowest BCUT2D eigenvalue weighted by Gasteiger charge is -2.39. The quantitative estimate of drug-likeness (QED) is 0.248. The number of aryl methyl sites for hydroxylation is 1. The third-order valence-corrected chi connectivity index (χ3v) is 7.54. The van der Waals surface area contributed by atoms with Gasteiger partial charge in [0.2, 0.25) is 5.91 Å². The fourth-order valence-corrected chi connectivity index (χ4v) is 5.52. The number of hydrogen-bond acceptors (Lipinski definition) is 2. The molecule has 2 heterocycles. The molecular formula is C31H30BrN3O2. The van der Waals surface area contributed by atoms with Crippen LogP contribution in [0.1, 0.15) is 53.0 Å². The Morgan fingerprint density at radius 2 is 1.68 bits per heavy atom. The van der Waals surface area contributed by atoms with Gasteiger partial charge in [0.25, 0.3) is 5.91 Å². The second-order valence-electron chi connectivity index (χ2n) is 9.43. The first-order valence-corrected chi connectivity index (χ1v) is 13.5. The average Bonchev–Trinajstić information content (AvgIpc) is 3.40. The third-order valence-electron chi connectivity index (χ3n) is 6.85. The van der Waals surface area contributed by atoms with Crippen molar-refractivity contribution in [3.63, 3.8) is 0 Å². The van der Waals surface area contributed by atoms with Crippen LogP contribution in [0, 0.1) is 6.92 Å². The minimum absolute atomic E-state index is 0.00245. The van der Waals surface area contributed by atoms with Crippen molar-refractivity contribution in [2.45, 2.75) is 32.7 Å². The van der Waals surface area contributed by atoms with Crippen LogP contribution in [-0.2, 0) is 4.79 Å². The zero-order chi connectivity index (χ0) is 25.9. The van der Waals surface area contributed by atoms with Crippen molar-refractivity contribution in [2.24, 2.45) is 0 Å². The van der Waals surface area contributed by atoms with Crippen molar-refractivity contribution in [1.29, 1.82) is 0 Å². The van der Waals surface area contributed by atoms with E-state index in [4.69, 9.17) is 0 Å². The third kappa shape index (κ3) is 4.86. The molecule has 1 unspecified atom stereocenters. The largest absolute Gasteiger partial charge is 0.329 e. The van der Waals surface area contributed by atoms with Gasteiger partial charge in [0, 0.05) is 17.2 Å². The zero-order valence-electron chi connectivity index (χ0n) is 21.1. The summed E-state index contributed by atoms with van der Waals surface area (Å²) in [6.07, 6.45) is 3.80. The average molecular weight is 557 g/mol. The Kier molecular flexibility index (Phi) is 7.28. The smallest absolute Gasteiger partial charge is 0.255 e. The lowest BCUT2D eigenvalue weighted by molar-refractivity contribution is -0.119. The molecule has 1 aromatic heterocycles. The molecule has 0 radical (unpaired) electrons. The molecule has 0 aliphatic carbocycles. The molecule has 0 spiro atoms. The van der Waals surface area contributed by atoms with E-state index in [1.54, 1.807) is 11.0 Å². The molecular weight excluding hydrogens is 526 g/mol. The van der Waals surface area contributed by atoms with Crippen LogP contribution in [0.25, 0.3) is 5.69 Å². The van der Waals surface area contributed by atoms with Crippen molar-refractivity contribution in [3.8, 4) is 5.69 Å². The number of rotatable bonds is 7. The van der Waals surface area contributed by atoms with Crippen molar-refractivity contribution in [3.05, 3.63) is 118 Å². The molecule has 5 nitrogen and oxygen atoms in total. The molecule has 0 saturated heterocycles. The Hall–Kier alpha value is -3.64. The summed E-state index contributed by atoms with van der Waals surface area (Å²) in [5.41, 5.74) is 5.56. The predicted octanol–water partition coefficient (Wildman–Crippen LogP) is 6.93. The van der Waals surface area contributed by atoms with Gasteiger partial charge in [-0.25, -0.2) is 0 Å². The summed E-state index contributed by atoms with van der Waals surface area (Å²) in [5.74, 6) is -0.252. The predicted molar refractivity (Wildman–Crippen MR) is 151 cm³/mol. The molecule has 0 fully saturated rings. The minimum atomic E-state index is -0.302. The van der Waals surface area contributed by atoms with Crippen molar-refractivity contribution in [1.82, 2.24) is 9.47 Å². The Labute approximate surface area is 226 Å². The molecule has 5 rings (SSSR count). The van der Waals surface area contributed by atoms with Crippen molar-refractivity contribution >= 4 is 33.4 Å². The van der Waals surface area contributed by atoms with Gasteiger partial charge in [-0.15, -0.1) is 0 Å². The van der Waals surface area contributed by atoms with Gasteiger partial charge in [-0.2, -0.15) is 0 Å². The summed E-state index contributed by atoms with van der Waals surface area (Å²) in [5, 5.41) is 0. The Bertz CT molecular complexity index is 1440. The molecule has 1 aliphatic heterocycles. The maximum Gasteiger partial charge on any atom is 0.255 e. The van der Waals surface area contributed by atoms with Crippen LogP contribution in [0.3, 0.4) is 0 Å². The molecule has 0 saturated carbocycles. The molecule has 6 heteroatoms. The van der Waals surface area contributed by atoms with Gasteiger partial charge in [0.1, 0.15) is 12.6 Å². The van der Waals surface area contributed by atoms with E-state index < -0.39 is 0 Å². The SMILES string of the molecule is CCCCN(CC(=O)N1c2ccccc2-n2cccc2C1c1cccc(C)c1)C(=O)c1ccccc1Br. The number of para-hydroxylation sites is 2. The fraction of sp³-hybridized carbons (Fsp3) is 0.226. The molecule has 37 heavy (non-hydrogen) atoms. The number of carbonyl (C=O) groups is 2. The van der Waals surface area contributed by atoms with Crippen molar-refractivity contribution < 1.29 is 9.59 Å². The van der Waals surface area contributed by atoms with E-state index in [0.717, 1.165) is 45.5 Å². The molecule has 0 bridgehead atoms. The summed E-state index contributed by atoms with van der Waals surface area (Å²) in [6, 6.07) is 27.5. The first kappa shape index (κ1) is 25.0. The van der Waals surface area contributed by atoms with Crippen LogP contribution in [0.5, 0.6) is 0 Å². The molecule has 2 amide bonds. The first-order chi connectivity index (χ1) is 18.0. The van der Waals surface area contributed by atoms with Gasteiger partial charge in [0.15, 0.2) is 0 Å². The van der Waals surface area contributed by atoms with Gasteiger partial charge >= 0.3 is 0 Å². The number of nitrogens with zero attached hydrogens (tertiary/aromatic N) is 3. The first-order valence-electron chi connectivity index (χ1n) is 12.7. The van der Waals surface area contributed by atoms with Gasteiger partial charge in [-0.3, -0.25) is 14.5 Å². The summed E-state index contributed by atoms with van der Waals surface area (Å²) in [6.45, 7) is 4.67. The fourth-order valence-electron chi connectivity index (χ4n) is 5.06. The van der Waals surface area contributed by atoms with Gasteiger partial charge in [-0.05, 0) is 71.2 Å². The number of hydrogen-bond donors (Lipinski definition) is 0. The highest BCUT2D eigenvalue weighted by atomic mass is 79.9. The summed E-state index contributed by atoms with van der Waals surface area (Å²) < 4.78 is 2.89. The second-order valence-corrected chi connectivity index (χ2v) is 10.3. The molecule has 1 aliphatic rings. The highest BCUT2D eigenvalue weighted by Gasteiger charge is 2.37. The Morgan fingerprint density at radius 3 is 2.43 bits per heavy atom. The number of unbranched alkanes of at least 4 members (excludes halogenated alkanes) is 1. The van der Waals surface area contributed by atoms with E-state index in [0.29, 0.717) is 12.1 Å². The summed E-state index contributed by atoms with van der Waals surface area (Å²) in [4.78, 5) is 31.4. The van der Waals surface area contributed by atoms with E-state index in [-0.39, 0.29) is 24.4 Å². The normalized spacial score (nSPS) is 14.1. The maximum atomic E-state index is 14.3. The van der Waals surface area contributed by atoms with Gasteiger partial charge in [-0.1, -0.05) is 67.4 Å². The topological polar surface area (TPSA) is 45.6 Å². The number of benzene rings is 3. The molecule has 188 valence electrons. The Balaban J connectivity index is 1.57. The van der Waals surface area contributed by atoms with Gasteiger partial charge in [0.05, 0.1) is 22.6 Å². The minimum Gasteiger partial charge on any atom is -0.329 e. The van der Waals surface area contributed by atoms with Crippen LogP contribution >= 0.6 is 15.9 Å². The monoisotopic (exact) mass is 555 g/mol. The number of aromatic nitrogens is 1. The van der Waals surface area contributed by atoms with Crippen molar-refractivity contribution in [2.75, 3.05) is 18.0 Å². The number of anilines is 1. The molecule has 1 atom stereocenters. The van der Waals surface area contributed by atoms with E-state index in [9.17, 15) is 9.59 Å². The zero-order valence-corrected chi connectivity index (χ0v) is 22.7. The van der Waals surface area contributed by atoms with E-state index in [1.165, 1.54) is 0 Å². The Morgan fingerprint density at radius 1 is 0.919 bits per heavy atom. The lowest BCUT2D eigenvalue weighted by Crippen LogP contribution is -2.47. The van der Waals surface area contributed by atoms with Gasteiger partial charge < -0.3 is 9.47 Å². The lowest BCUT2D eigenvalue weighted by atomic mass is 9.96. The number of carbonyl (C=O) groups excluding carboxylic acids is 2. The number of fused-ring (bicyclic) bond motifs is 3. The van der Waals surface area contributed by atoms with Crippen LogP contribution in [0.4, 0.5) is 5.69 Å². The van der Waals surface area contributed by atoms with Crippen LogP contribution < -0.4 is 4.90 Å². The highest BCUT2D eigenvalue weighted by Crippen LogP contribution is 2.42. The molecule has 4 aromatic rings. The summed E-state index contributed by atoms with van der Waals surface area (Å²) >= 11 is 3.51. The number of amides is 2. The van der Waals surface area contributed by atoms with E-state index >= 15 is 0 Å². The molecule has 3 aromatic carbocycles. The summed E-state index contributed by atoms with van der Waals surface area (Å²) in [7, 11) is 0. The van der Waals surface area contributed by atoms with Crippen LogP contribution in [0.15, 0.2) is 95.6 Å². The second kappa shape index (κ2) is 10.8. The molecule has 0 N–H and O–H groups in total. The van der Waals surface area contributed by atoms with E-state index in [1.807, 2.05) is 65.7 Å².